The molecule has 0 saturated heterocycles. The molecule has 0 N–H and O–H groups in total. The van der Waals surface area contributed by atoms with Gasteiger partial charge < -0.3 is 4.57 Å². The van der Waals surface area contributed by atoms with Gasteiger partial charge in [-0.1, -0.05) is 17.8 Å². The van der Waals surface area contributed by atoms with Crippen LogP contribution in [0.2, 0.25) is 0 Å². The molecule has 2 heterocycles. The van der Waals surface area contributed by atoms with Gasteiger partial charge in [0.15, 0.2) is 11.0 Å². The Bertz CT molecular complexity index is 539. The van der Waals surface area contributed by atoms with Crippen molar-refractivity contribution in [1.82, 2.24) is 14.8 Å². The van der Waals surface area contributed by atoms with Gasteiger partial charge in [-0.25, -0.2) is 0 Å². The summed E-state index contributed by atoms with van der Waals surface area (Å²) in [5, 5.41) is 11.7. The van der Waals surface area contributed by atoms with Crippen LogP contribution in [0.15, 0.2) is 22.7 Å². The van der Waals surface area contributed by atoms with Crippen LogP contribution in [-0.4, -0.2) is 25.8 Å². The Balaban J connectivity index is 1.80. The first kappa shape index (κ1) is 11.0. The van der Waals surface area contributed by atoms with Gasteiger partial charge in [0.25, 0.3) is 0 Å². The molecule has 0 radical (unpaired) electrons. The number of carbonyl (C=O) groups excluding carboxylic acids is 1. The molecule has 0 bridgehead atoms. The zero-order valence-corrected chi connectivity index (χ0v) is 10.9. The summed E-state index contributed by atoms with van der Waals surface area (Å²) in [5.74, 6) is 1.25. The van der Waals surface area contributed by atoms with Gasteiger partial charge in [0.05, 0.1) is 4.88 Å². The maximum absolute atomic E-state index is 10.9. The third kappa shape index (κ3) is 2.02. The number of hydrogen-bond acceptors (Lipinski definition) is 5. The first-order valence-corrected chi connectivity index (χ1v) is 7.11. The van der Waals surface area contributed by atoms with Gasteiger partial charge in [-0.2, -0.15) is 0 Å². The zero-order chi connectivity index (χ0) is 11.8. The van der Waals surface area contributed by atoms with E-state index in [4.69, 9.17) is 0 Å². The number of thioether (sulfide) groups is 1. The minimum absolute atomic E-state index is 0.350. The number of aromatic nitrogens is 3. The lowest BCUT2D eigenvalue weighted by Gasteiger charge is -2.22. The molecule has 0 unspecified atom stereocenters. The normalized spacial score (nSPS) is 16.2. The quantitative estimate of drug-likeness (QED) is 0.855. The van der Waals surface area contributed by atoms with Crippen LogP contribution in [0.1, 0.15) is 12.8 Å². The van der Waals surface area contributed by atoms with E-state index in [-0.39, 0.29) is 0 Å². The molecule has 0 atom stereocenters. The van der Waals surface area contributed by atoms with Crippen molar-refractivity contribution < 1.29 is 4.79 Å². The van der Waals surface area contributed by atoms with Gasteiger partial charge in [0.1, 0.15) is 5.78 Å². The predicted octanol–water partition coefficient (Wildman–Crippen LogP) is 2.37. The van der Waals surface area contributed by atoms with Crippen LogP contribution < -0.4 is 0 Å². The molecule has 1 saturated carbocycles. The second kappa shape index (κ2) is 4.27. The Kier molecular flexibility index (Phi) is 2.76. The summed E-state index contributed by atoms with van der Waals surface area (Å²) in [5.41, 5.74) is 0. The molecule has 3 rings (SSSR count). The number of carbonyl (C=O) groups is 1. The molecule has 1 aliphatic rings. The average molecular weight is 265 g/mol. The van der Waals surface area contributed by atoms with Crippen LogP contribution in [0.4, 0.5) is 0 Å². The fourth-order valence-electron chi connectivity index (χ4n) is 1.72. The highest BCUT2D eigenvalue weighted by Gasteiger charge is 2.29. The van der Waals surface area contributed by atoms with Crippen LogP contribution >= 0.6 is 23.1 Å². The van der Waals surface area contributed by atoms with E-state index in [0.717, 1.165) is 15.9 Å². The molecule has 2 aromatic rings. The van der Waals surface area contributed by atoms with Crippen molar-refractivity contribution in [2.45, 2.75) is 23.2 Å². The van der Waals surface area contributed by atoms with E-state index in [1.807, 2.05) is 29.1 Å². The molecule has 17 heavy (non-hydrogen) atoms. The standard InChI is InChI=1S/C11H11N3OS2/c1-14-10(9-3-2-4-16-9)12-13-11(14)17-8-5-7(15)6-8/h2-4,8H,5-6H2,1H3. The Labute approximate surface area is 107 Å². The average Bonchev–Trinajstić information content (AvgIpc) is 2.87. The first-order chi connectivity index (χ1) is 8.24. The molecule has 88 valence electrons. The van der Waals surface area contributed by atoms with Crippen molar-refractivity contribution in [2.75, 3.05) is 0 Å². The van der Waals surface area contributed by atoms with Gasteiger partial charge in [-0.15, -0.1) is 21.5 Å². The maximum atomic E-state index is 10.9. The van der Waals surface area contributed by atoms with Crippen LogP contribution in [0, 0.1) is 0 Å². The second-order valence-electron chi connectivity index (χ2n) is 4.03. The van der Waals surface area contributed by atoms with E-state index >= 15 is 0 Å². The van der Waals surface area contributed by atoms with Gasteiger partial charge in [0, 0.05) is 25.1 Å². The minimum atomic E-state index is 0.350. The fourth-order valence-corrected chi connectivity index (χ4v) is 3.63. The summed E-state index contributed by atoms with van der Waals surface area (Å²) in [6, 6.07) is 4.04. The summed E-state index contributed by atoms with van der Waals surface area (Å²) in [6.07, 6.45) is 1.34. The van der Waals surface area contributed by atoms with Crippen LogP contribution in [0.5, 0.6) is 0 Å². The van der Waals surface area contributed by atoms with Crippen molar-refractivity contribution in [3.05, 3.63) is 17.5 Å². The van der Waals surface area contributed by atoms with Gasteiger partial charge in [0.2, 0.25) is 0 Å². The molecule has 6 heteroatoms. The topological polar surface area (TPSA) is 47.8 Å². The SMILES string of the molecule is Cn1c(SC2CC(=O)C2)nnc1-c1cccs1. The third-order valence-corrected chi connectivity index (χ3v) is 4.86. The molecular weight excluding hydrogens is 254 g/mol. The van der Waals surface area contributed by atoms with Crippen LogP contribution in [0.3, 0.4) is 0 Å². The molecule has 0 spiro atoms. The Morgan fingerprint density at radius 2 is 2.29 bits per heavy atom. The number of Topliss-reactive ketones (excluding diaryl/α,β-unsaturated/α-hetero) is 1. The maximum Gasteiger partial charge on any atom is 0.191 e. The first-order valence-electron chi connectivity index (χ1n) is 5.35. The van der Waals surface area contributed by atoms with Crippen LogP contribution in [0.25, 0.3) is 10.7 Å². The molecule has 1 fully saturated rings. The van der Waals surface area contributed by atoms with E-state index < -0.39 is 0 Å². The van der Waals surface area contributed by atoms with Gasteiger partial charge in [-0.3, -0.25) is 4.79 Å². The summed E-state index contributed by atoms with van der Waals surface area (Å²) >= 11 is 3.31. The Hall–Kier alpha value is -1.14. The Morgan fingerprint density at radius 3 is 2.94 bits per heavy atom. The van der Waals surface area contributed by atoms with Crippen molar-refractivity contribution in [3.8, 4) is 10.7 Å². The van der Waals surface area contributed by atoms with Gasteiger partial charge >= 0.3 is 0 Å². The lowest BCUT2D eigenvalue weighted by atomic mass is 9.98. The van der Waals surface area contributed by atoms with Crippen molar-refractivity contribution in [2.24, 2.45) is 7.05 Å². The molecule has 1 aliphatic carbocycles. The van der Waals surface area contributed by atoms with E-state index in [9.17, 15) is 4.79 Å². The lowest BCUT2D eigenvalue weighted by Crippen LogP contribution is -2.25. The molecule has 0 aliphatic heterocycles. The van der Waals surface area contributed by atoms with Crippen LogP contribution in [-0.2, 0) is 11.8 Å². The summed E-state index contributed by atoms with van der Waals surface area (Å²) < 4.78 is 2.00. The van der Waals surface area contributed by atoms with E-state index in [1.54, 1.807) is 23.1 Å². The lowest BCUT2D eigenvalue weighted by molar-refractivity contribution is -0.123. The number of ketones is 1. The number of nitrogens with zero attached hydrogens (tertiary/aromatic N) is 3. The highest BCUT2D eigenvalue weighted by Crippen LogP contribution is 2.34. The summed E-state index contributed by atoms with van der Waals surface area (Å²) in [7, 11) is 1.97. The molecular formula is C11H11N3OS2. The third-order valence-electron chi connectivity index (χ3n) is 2.76. The largest absolute Gasteiger partial charge is 0.304 e. The van der Waals surface area contributed by atoms with E-state index in [0.29, 0.717) is 23.9 Å². The summed E-state index contributed by atoms with van der Waals surface area (Å²) in [4.78, 5) is 12.0. The highest BCUT2D eigenvalue weighted by atomic mass is 32.2. The fraction of sp³-hybridized carbons (Fsp3) is 0.364. The van der Waals surface area contributed by atoms with E-state index in [1.165, 1.54) is 0 Å². The monoisotopic (exact) mass is 265 g/mol. The second-order valence-corrected chi connectivity index (χ2v) is 6.24. The number of rotatable bonds is 3. The summed E-state index contributed by atoms with van der Waals surface area (Å²) in [6.45, 7) is 0. The predicted molar refractivity (Wildman–Crippen MR) is 68.2 cm³/mol. The number of thiophene rings is 1. The number of hydrogen-bond donors (Lipinski definition) is 0. The Morgan fingerprint density at radius 1 is 1.47 bits per heavy atom. The van der Waals surface area contributed by atoms with E-state index in [2.05, 4.69) is 10.2 Å². The molecule has 0 amide bonds. The van der Waals surface area contributed by atoms with Crippen molar-refractivity contribution in [1.29, 1.82) is 0 Å². The smallest absolute Gasteiger partial charge is 0.191 e. The van der Waals surface area contributed by atoms with Gasteiger partial charge in [-0.05, 0) is 11.4 Å². The molecule has 2 aromatic heterocycles. The van der Waals surface area contributed by atoms with Crippen molar-refractivity contribution in [3.63, 3.8) is 0 Å². The zero-order valence-electron chi connectivity index (χ0n) is 9.29. The highest BCUT2D eigenvalue weighted by molar-refractivity contribution is 7.99. The molecule has 4 nitrogen and oxygen atoms in total. The minimum Gasteiger partial charge on any atom is -0.304 e. The van der Waals surface area contributed by atoms with Crippen molar-refractivity contribution >= 4 is 28.9 Å². The molecule has 0 aromatic carbocycles.